The van der Waals surface area contributed by atoms with Crippen molar-refractivity contribution >= 4 is 22.8 Å². The van der Waals surface area contributed by atoms with Gasteiger partial charge < -0.3 is 24.3 Å². The Morgan fingerprint density at radius 3 is 2.77 bits per heavy atom. The Kier molecular flexibility index (Phi) is 6.27. The number of aromatic carboxylic acids is 1. The van der Waals surface area contributed by atoms with Gasteiger partial charge in [0.1, 0.15) is 34.8 Å². The van der Waals surface area contributed by atoms with Crippen LogP contribution in [0.25, 0.3) is 22.2 Å². The van der Waals surface area contributed by atoms with Crippen molar-refractivity contribution < 1.29 is 23.8 Å². The van der Waals surface area contributed by atoms with Gasteiger partial charge in [-0.05, 0) is 61.9 Å². The molecule has 1 aliphatic rings. The summed E-state index contributed by atoms with van der Waals surface area (Å²) in [6.45, 7) is 2.72. The number of methoxy groups -OCH3 is 1. The molecular weight excluding hydrogens is 446 g/mol. The fourth-order valence-corrected chi connectivity index (χ4v) is 4.34. The second-order valence-corrected chi connectivity index (χ2v) is 8.67. The molecule has 1 aliphatic carbocycles. The van der Waals surface area contributed by atoms with Gasteiger partial charge in [0.25, 0.3) is 0 Å². The molecule has 2 aromatic carbocycles. The third-order valence-corrected chi connectivity index (χ3v) is 6.53. The summed E-state index contributed by atoms with van der Waals surface area (Å²) in [5, 5.41) is 14.0. The summed E-state index contributed by atoms with van der Waals surface area (Å²) < 4.78 is 17.1. The van der Waals surface area contributed by atoms with E-state index in [9.17, 15) is 9.90 Å². The number of nitrogens with one attached hydrogen (secondary N) is 1. The van der Waals surface area contributed by atoms with Crippen molar-refractivity contribution in [3.63, 3.8) is 0 Å². The first kappa shape index (κ1) is 22.7. The Balaban J connectivity index is 1.33. The Morgan fingerprint density at radius 1 is 1.17 bits per heavy atom. The van der Waals surface area contributed by atoms with Crippen molar-refractivity contribution in [1.29, 1.82) is 0 Å². The number of hydrogen-bond donors (Lipinski definition) is 2. The number of carbonyl (C=O) groups is 1. The van der Waals surface area contributed by atoms with Gasteiger partial charge >= 0.3 is 5.97 Å². The summed E-state index contributed by atoms with van der Waals surface area (Å²) in [6, 6.07) is 10.8. The minimum absolute atomic E-state index is 0.0766. The fraction of sp³-hybridized carbons (Fsp3) is 0.296. The van der Waals surface area contributed by atoms with Gasteiger partial charge in [-0.25, -0.2) is 14.8 Å². The molecule has 0 spiro atoms. The SMILES string of the molecule is COc1cc2occc2c(C)c1CCNc1cc(-c2ccc(C(=O)O)c(OC3CCC3)c2)ncn1. The number of benzene rings is 2. The molecule has 0 radical (unpaired) electrons. The lowest BCUT2D eigenvalue weighted by atomic mass is 9.96. The Labute approximate surface area is 202 Å². The van der Waals surface area contributed by atoms with Gasteiger partial charge in [0.15, 0.2) is 0 Å². The van der Waals surface area contributed by atoms with Crippen LogP contribution < -0.4 is 14.8 Å². The summed E-state index contributed by atoms with van der Waals surface area (Å²) in [5.74, 6) is 0.854. The number of anilines is 1. The molecule has 2 heterocycles. The zero-order valence-corrected chi connectivity index (χ0v) is 19.7. The molecule has 2 N–H and O–H groups in total. The van der Waals surface area contributed by atoms with Crippen LogP contribution in [0.1, 0.15) is 40.7 Å². The topological polar surface area (TPSA) is 107 Å². The van der Waals surface area contributed by atoms with Crippen molar-refractivity contribution in [3.8, 4) is 22.8 Å². The van der Waals surface area contributed by atoms with Crippen LogP contribution in [0, 0.1) is 6.92 Å². The molecule has 1 fully saturated rings. The number of nitrogens with zero attached hydrogens (tertiary/aromatic N) is 2. The third-order valence-electron chi connectivity index (χ3n) is 6.53. The van der Waals surface area contributed by atoms with Crippen LogP contribution in [0.2, 0.25) is 0 Å². The van der Waals surface area contributed by atoms with E-state index in [1.807, 2.05) is 18.2 Å². The molecule has 2 aromatic heterocycles. The molecule has 0 atom stereocenters. The smallest absolute Gasteiger partial charge is 0.339 e. The number of aromatic nitrogens is 2. The Morgan fingerprint density at radius 2 is 2.03 bits per heavy atom. The maximum absolute atomic E-state index is 11.6. The summed E-state index contributed by atoms with van der Waals surface area (Å²) >= 11 is 0. The first-order chi connectivity index (χ1) is 17.0. The molecule has 180 valence electrons. The van der Waals surface area contributed by atoms with Crippen molar-refractivity contribution in [3.05, 3.63) is 65.7 Å². The highest BCUT2D eigenvalue weighted by molar-refractivity contribution is 5.92. The second-order valence-electron chi connectivity index (χ2n) is 8.67. The lowest BCUT2D eigenvalue weighted by molar-refractivity contribution is 0.0680. The molecule has 35 heavy (non-hydrogen) atoms. The molecule has 1 saturated carbocycles. The normalized spacial score (nSPS) is 13.4. The third kappa shape index (κ3) is 4.64. The quantitative estimate of drug-likeness (QED) is 0.329. The fourth-order valence-electron chi connectivity index (χ4n) is 4.34. The lowest BCUT2D eigenvalue weighted by Gasteiger charge is -2.27. The molecule has 8 heteroatoms. The van der Waals surface area contributed by atoms with Crippen LogP contribution in [0.4, 0.5) is 5.82 Å². The van der Waals surface area contributed by atoms with Crippen molar-refractivity contribution in [1.82, 2.24) is 9.97 Å². The molecular formula is C27H27N3O5. The van der Waals surface area contributed by atoms with Gasteiger partial charge in [0, 0.05) is 29.6 Å². The van der Waals surface area contributed by atoms with Crippen LogP contribution in [-0.2, 0) is 6.42 Å². The number of fused-ring (bicyclic) bond motifs is 1. The van der Waals surface area contributed by atoms with E-state index >= 15 is 0 Å². The number of rotatable bonds is 9. The predicted molar refractivity (Wildman–Crippen MR) is 132 cm³/mol. The van der Waals surface area contributed by atoms with Gasteiger partial charge in [-0.15, -0.1) is 0 Å². The molecule has 4 aromatic rings. The highest BCUT2D eigenvalue weighted by atomic mass is 16.5. The zero-order valence-electron chi connectivity index (χ0n) is 19.7. The minimum Gasteiger partial charge on any atom is -0.496 e. The predicted octanol–water partition coefficient (Wildman–Crippen LogP) is 5.49. The van der Waals surface area contributed by atoms with Crippen LogP contribution in [0.5, 0.6) is 11.5 Å². The summed E-state index contributed by atoms with van der Waals surface area (Å²) in [4.78, 5) is 20.4. The number of carboxylic acid groups (broad SMARTS) is 1. The van der Waals surface area contributed by atoms with Crippen molar-refractivity contribution in [2.75, 3.05) is 19.0 Å². The van der Waals surface area contributed by atoms with E-state index in [2.05, 4.69) is 22.2 Å². The number of carboxylic acids is 1. The molecule has 0 unspecified atom stereocenters. The summed E-state index contributed by atoms with van der Waals surface area (Å²) in [5.41, 5.74) is 4.68. The number of ether oxygens (including phenoxy) is 2. The average Bonchev–Trinajstić information content (AvgIpc) is 3.31. The van der Waals surface area contributed by atoms with E-state index in [-0.39, 0.29) is 11.7 Å². The van der Waals surface area contributed by atoms with E-state index < -0.39 is 5.97 Å². The van der Waals surface area contributed by atoms with Gasteiger partial charge in [0.05, 0.1) is 25.2 Å². The minimum atomic E-state index is -1.00. The Hall–Kier alpha value is -4.07. The monoisotopic (exact) mass is 473 g/mol. The van der Waals surface area contributed by atoms with Gasteiger partial charge in [-0.1, -0.05) is 6.07 Å². The zero-order chi connectivity index (χ0) is 24.4. The number of furan rings is 1. The van der Waals surface area contributed by atoms with Crippen LogP contribution >= 0.6 is 0 Å². The highest BCUT2D eigenvalue weighted by Crippen LogP contribution is 2.33. The van der Waals surface area contributed by atoms with Gasteiger partial charge in [0.2, 0.25) is 0 Å². The van der Waals surface area contributed by atoms with Crippen LogP contribution in [0.3, 0.4) is 0 Å². The van der Waals surface area contributed by atoms with E-state index in [0.29, 0.717) is 23.8 Å². The molecule has 0 saturated heterocycles. The number of hydrogen-bond acceptors (Lipinski definition) is 7. The van der Waals surface area contributed by atoms with E-state index in [1.165, 1.54) is 6.33 Å². The lowest BCUT2D eigenvalue weighted by Crippen LogP contribution is -2.25. The first-order valence-corrected chi connectivity index (χ1v) is 11.7. The van der Waals surface area contributed by atoms with E-state index in [4.69, 9.17) is 13.9 Å². The molecule has 0 amide bonds. The summed E-state index contributed by atoms with van der Waals surface area (Å²) in [7, 11) is 1.66. The maximum atomic E-state index is 11.6. The standard InChI is InChI=1S/C27H27N3O5/c1-16-19(23(33-2)14-24-20(16)9-11-34-24)8-10-28-26-13-22(29-15-30-26)17-6-7-21(27(31)32)25(12-17)35-18-4-3-5-18/h6-7,9,11-15,18H,3-5,8,10H2,1-2H3,(H,31,32)(H,28,29,30). The molecule has 5 rings (SSSR count). The van der Waals surface area contributed by atoms with Gasteiger partial charge in [-0.3, -0.25) is 0 Å². The molecule has 0 bridgehead atoms. The first-order valence-electron chi connectivity index (χ1n) is 11.7. The van der Waals surface area contributed by atoms with Gasteiger partial charge in [-0.2, -0.15) is 0 Å². The Bertz CT molecular complexity index is 1380. The van der Waals surface area contributed by atoms with Crippen LogP contribution in [0.15, 0.2) is 53.4 Å². The molecule has 0 aliphatic heterocycles. The maximum Gasteiger partial charge on any atom is 0.339 e. The van der Waals surface area contributed by atoms with E-state index in [1.54, 1.807) is 31.6 Å². The highest BCUT2D eigenvalue weighted by Gasteiger charge is 2.22. The number of aryl methyl sites for hydroxylation is 1. The van der Waals surface area contributed by atoms with Crippen molar-refractivity contribution in [2.45, 2.75) is 38.7 Å². The van der Waals surface area contributed by atoms with E-state index in [0.717, 1.165) is 59.1 Å². The largest absolute Gasteiger partial charge is 0.496 e. The van der Waals surface area contributed by atoms with Crippen LogP contribution in [-0.4, -0.2) is 40.8 Å². The average molecular weight is 474 g/mol. The summed E-state index contributed by atoms with van der Waals surface area (Å²) in [6.07, 6.45) is 7.00. The second kappa shape index (κ2) is 9.66. The molecule has 8 nitrogen and oxygen atoms in total. The van der Waals surface area contributed by atoms with Crippen molar-refractivity contribution in [2.24, 2.45) is 0 Å².